The predicted molar refractivity (Wildman–Crippen MR) is 45.0 cm³/mol. The third-order valence-corrected chi connectivity index (χ3v) is 2.20. The molecule has 1 aliphatic heterocycles. The second kappa shape index (κ2) is 3.54. The minimum Gasteiger partial charge on any atom is -0.375 e. The summed E-state index contributed by atoms with van der Waals surface area (Å²) in [5.41, 5.74) is -0.686. The second-order valence-corrected chi connectivity index (χ2v) is 3.50. The van der Waals surface area contributed by atoms with Crippen molar-refractivity contribution in [3.8, 4) is 0 Å². The van der Waals surface area contributed by atoms with Crippen molar-refractivity contribution in [1.29, 1.82) is 0 Å². The number of ether oxygens (including phenoxy) is 2. The van der Waals surface area contributed by atoms with Gasteiger partial charge in [0.05, 0.1) is 18.8 Å². The highest BCUT2D eigenvalue weighted by Gasteiger charge is 2.43. The molecule has 70 valence electrons. The lowest BCUT2D eigenvalue weighted by Crippen LogP contribution is -2.43. The Balaban J connectivity index is 2.67. The van der Waals surface area contributed by atoms with E-state index in [9.17, 15) is 4.79 Å². The minimum atomic E-state index is -0.686. The molecule has 1 heterocycles. The molecule has 1 aliphatic rings. The van der Waals surface area contributed by atoms with E-state index in [1.807, 2.05) is 20.8 Å². The molecule has 1 saturated heterocycles. The number of carbonyl (C=O) groups excluding carboxylic acids is 1. The third-order valence-electron chi connectivity index (χ3n) is 2.20. The monoisotopic (exact) mass is 172 g/mol. The Hall–Kier alpha value is -0.410. The van der Waals surface area contributed by atoms with Crippen molar-refractivity contribution < 1.29 is 14.3 Å². The molecule has 3 heteroatoms. The first-order valence-corrected chi connectivity index (χ1v) is 4.36. The Morgan fingerprint density at radius 2 is 2.33 bits per heavy atom. The standard InChI is InChI=1S/C9H16O3/c1-7(2)12-9(6-10)4-5-11-8(9)3/h6-8H,4-5H2,1-3H3. The van der Waals surface area contributed by atoms with Crippen LogP contribution >= 0.6 is 0 Å². The summed E-state index contributed by atoms with van der Waals surface area (Å²) in [5.74, 6) is 0. The van der Waals surface area contributed by atoms with Crippen LogP contribution < -0.4 is 0 Å². The Labute approximate surface area is 73.0 Å². The first-order valence-electron chi connectivity index (χ1n) is 4.36. The van der Waals surface area contributed by atoms with Crippen LogP contribution in [0.15, 0.2) is 0 Å². The van der Waals surface area contributed by atoms with Crippen LogP contribution in [0.4, 0.5) is 0 Å². The largest absolute Gasteiger partial charge is 0.375 e. The molecule has 0 saturated carbocycles. The Bertz CT molecular complexity index is 167. The van der Waals surface area contributed by atoms with Gasteiger partial charge in [0.25, 0.3) is 0 Å². The molecule has 2 unspecified atom stereocenters. The van der Waals surface area contributed by atoms with Gasteiger partial charge >= 0.3 is 0 Å². The van der Waals surface area contributed by atoms with Gasteiger partial charge in [-0.05, 0) is 20.8 Å². The zero-order chi connectivity index (χ0) is 9.19. The van der Waals surface area contributed by atoms with Crippen LogP contribution in [0.3, 0.4) is 0 Å². The zero-order valence-electron chi connectivity index (χ0n) is 7.87. The normalized spacial score (nSPS) is 35.8. The van der Waals surface area contributed by atoms with Crippen molar-refractivity contribution in [3.63, 3.8) is 0 Å². The summed E-state index contributed by atoms with van der Waals surface area (Å²) >= 11 is 0. The highest BCUT2D eigenvalue weighted by atomic mass is 16.6. The van der Waals surface area contributed by atoms with Gasteiger partial charge in [-0.25, -0.2) is 0 Å². The first-order chi connectivity index (χ1) is 5.60. The number of hydrogen-bond donors (Lipinski definition) is 0. The van der Waals surface area contributed by atoms with Gasteiger partial charge in [0, 0.05) is 6.42 Å². The van der Waals surface area contributed by atoms with Crippen molar-refractivity contribution in [1.82, 2.24) is 0 Å². The number of aldehydes is 1. The molecular formula is C9H16O3. The van der Waals surface area contributed by atoms with Gasteiger partial charge in [0.2, 0.25) is 0 Å². The van der Waals surface area contributed by atoms with Crippen molar-refractivity contribution >= 4 is 6.29 Å². The molecule has 12 heavy (non-hydrogen) atoms. The van der Waals surface area contributed by atoms with Crippen LogP contribution in [0, 0.1) is 0 Å². The molecule has 0 amide bonds. The molecule has 1 rings (SSSR count). The summed E-state index contributed by atoms with van der Waals surface area (Å²) in [6, 6.07) is 0. The summed E-state index contributed by atoms with van der Waals surface area (Å²) in [7, 11) is 0. The van der Waals surface area contributed by atoms with E-state index in [4.69, 9.17) is 9.47 Å². The van der Waals surface area contributed by atoms with E-state index in [-0.39, 0.29) is 12.2 Å². The number of rotatable bonds is 3. The van der Waals surface area contributed by atoms with Gasteiger partial charge in [-0.3, -0.25) is 0 Å². The third kappa shape index (κ3) is 1.67. The van der Waals surface area contributed by atoms with Crippen LogP contribution in [-0.2, 0) is 14.3 Å². The van der Waals surface area contributed by atoms with Gasteiger partial charge < -0.3 is 14.3 Å². The number of hydrogen-bond acceptors (Lipinski definition) is 3. The Morgan fingerprint density at radius 1 is 1.67 bits per heavy atom. The highest BCUT2D eigenvalue weighted by molar-refractivity contribution is 5.64. The average Bonchev–Trinajstić information content (AvgIpc) is 2.32. The molecular weight excluding hydrogens is 156 g/mol. The van der Waals surface area contributed by atoms with Crippen molar-refractivity contribution in [2.45, 2.75) is 45.0 Å². The van der Waals surface area contributed by atoms with Crippen LogP contribution in [0.5, 0.6) is 0 Å². The topological polar surface area (TPSA) is 35.5 Å². The Kier molecular flexibility index (Phi) is 2.85. The van der Waals surface area contributed by atoms with Gasteiger partial charge in [-0.2, -0.15) is 0 Å². The zero-order valence-corrected chi connectivity index (χ0v) is 7.87. The fourth-order valence-electron chi connectivity index (χ4n) is 1.52. The molecule has 1 fully saturated rings. The van der Waals surface area contributed by atoms with E-state index in [1.165, 1.54) is 0 Å². The Morgan fingerprint density at radius 3 is 2.67 bits per heavy atom. The van der Waals surface area contributed by atoms with Crippen LogP contribution in [0.2, 0.25) is 0 Å². The van der Waals surface area contributed by atoms with Crippen molar-refractivity contribution in [2.24, 2.45) is 0 Å². The molecule has 0 radical (unpaired) electrons. The van der Waals surface area contributed by atoms with Crippen LogP contribution in [0.1, 0.15) is 27.2 Å². The molecule has 0 bridgehead atoms. The van der Waals surface area contributed by atoms with E-state index in [2.05, 4.69) is 0 Å². The van der Waals surface area contributed by atoms with E-state index >= 15 is 0 Å². The summed E-state index contributed by atoms with van der Waals surface area (Å²) in [5, 5.41) is 0. The summed E-state index contributed by atoms with van der Waals surface area (Å²) in [4.78, 5) is 10.9. The summed E-state index contributed by atoms with van der Waals surface area (Å²) in [6.07, 6.45) is 1.51. The predicted octanol–water partition coefficient (Wildman–Crippen LogP) is 1.16. The summed E-state index contributed by atoms with van der Waals surface area (Å²) in [6.45, 7) is 6.35. The lowest BCUT2D eigenvalue weighted by molar-refractivity contribution is -0.145. The molecule has 3 nitrogen and oxygen atoms in total. The van der Waals surface area contributed by atoms with Crippen LogP contribution in [-0.4, -0.2) is 30.7 Å². The molecule has 0 N–H and O–H groups in total. The maximum Gasteiger partial charge on any atom is 0.154 e. The highest BCUT2D eigenvalue weighted by Crippen LogP contribution is 2.28. The van der Waals surface area contributed by atoms with Crippen molar-refractivity contribution in [2.75, 3.05) is 6.61 Å². The molecule has 0 aromatic rings. The minimum absolute atomic E-state index is 0.0688. The molecule has 0 aliphatic carbocycles. The smallest absolute Gasteiger partial charge is 0.154 e. The fraction of sp³-hybridized carbons (Fsp3) is 0.889. The SMILES string of the molecule is CC(C)OC1(C=O)CCOC1C. The maximum atomic E-state index is 10.9. The number of carbonyl (C=O) groups is 1. The van der Waals surface area contributed by atoms with E-state index in [0.717, 1.165) is 6.29 Å². The lowest BCUT2D eigenvalue weighted by Gasteiger charge is -2.28. The van der Waals surface area contributed by atoms with Gasteiger partial charge in [-0.15, -0.1) is 0 Å². The molecule has 0 aromatic carbocycles. The lowest BCUT2D eigenvalue weighted by atomic mass is 9.98. The fourth-order valence-corrected chi connectivity index (χ4v) is 1.52. The quantitative estimate of drug-likeness (QED) is 0.599. The molecule has 0 aromatic heterocycles. The second-order valence-electron chi connectivity index (χ2n) is 3.50. The van der Waals surface area contributed by atoms with E-state index < -0.39 is 5.60 Å². The summed E-state index contributed by atoms with van der Waals surface area (Å²) < 4.78 is 10.9. The van der Waals surface area contributed by atoms with Crippen LogP contribution in [0.25, 0.3) is 0 Å². The molecule has 0 spiro atoms. The first kappa shape index (κ1) is 9.68. The van der Waals surface area contributed by atoms with Gasteiger partial charge in [0.1, 0.15) is 0 Å². The maximum absolute atomic E-state index is 10.9. The average molecular weight is 172 g/mol. The van der Waals surface area contributed by atoms with Gasteiger partial charge in [0.15, 0.2) is 11.9 Å². The van der Waals surface area contributed by atoms with E-state index in [0.29, 0.717) is 13.0 Å². The van der Waals surface area contributed by atoms with Crippen molar-refractivity contribution in [3.05, 3.63) is 0 Å². The molecule has 2 atom stereocenters. The van der Waals surface area contributed by atoms with E-state index in [1.54, 1.807) is 0 Å². The van der Waals surface area contributed by atoms with Gasteiger partial charge in [-0.1, -0.05) is 0 Å².